The van der Waals surface area contributed by atoms with Crippen molar-refractivity contribution in [1.29, 1.82) is 0 Å². The van der Waals surface area contributed by atoms with Gasteiger partial charge in [-0.25, -0.2) is 0 Å². The van der Waals surface area contributed by atoms with Crippen molar-refractivity contribution >= 4 is 46.4 Å². The molecule has 1 aromatic heterocycles. The molecule has 2 aromatic carbocycles. The van der Waals surface area contributed by atoms with Gasteiger partial charge in [0.05, 0.1) is 33.9 Å². The van der Waals surface area contributed by atoms with Crippen molar-refractivity contribution in [3.63, 3.8) is 0 Å². The van der Waals surface area contributed by atoms with E-state index in [1.165, 1.54) is 0 Å². The molecule has 3 rings (SSSR count). The van der Waals surface area contributed by atoms with Crippen LogP contribution in [0.2, 0.25) is 15.1 Å². The normalized spacial score (nSPS) is 12.2. The SMILES string of the molecule is CC(c1nnc(-c2ccc(Cl)cc2Cl)o1)N(C)CC(=O)Nc1ccccc1Cl. The lowest BCUT2D eigenvalue weighted by molar-refractivity contribution is -0.117. The van der Waals surface area contributed by atoms with E-state index >= 15 is 0 Å². The van der Waals surface area contributed by atoms with Crippen LogP contribution in [-0.2, 0) is 4.79 Å². The maximum atomic E-state index is 12.3. The minimum Gasteiger partial charge on any atom is -0.419 e. The number of aromatic nitrogens is 2. The fourth-order valence-corrected chi connectivity index (χ4v) is 3.15. The molecule has 1 amide bonds. The Kier molecular flexibility index (Phi) is 6.57. The van der Waals surface area contributed by atoms with Gasteiger partial charge in [-0.3, -0.25) is 9.69 Å². The second kappa shape index (κ2) is 8.92. The maximum Gasteiger partial charge on any atom is 0.249 e. The average Bonchev–Trinajstić information content (AvgIpc) is 3.12. The van der Waals surface area contributed by atoms with Gasteiger partial charge in [0.15, 0.2) is 0 Å². The fourth-order valence-electron chi connectivity index (χ4n) is 2.48. The first-order chi connectivity index (χ1) is 13.3. The lowest BCUT2D eigenvalue weighted by Crippen LogP contribution is -2.32. The van der Waals surface area contributed by atoms with Crippen LogP contribution >= 0.6 is 34.8 Å². The predicted octanol–water partition coefficient (Wildman–Crippen LogP) is 5.33. The van der Waals surface area contributed by atoms with Gasteiger partial charge in [0.1, 0.15) is 0 Å². The molecule has 3 aromatic rings. The summed E-state index contributed by atoms with van der Waals surface area (Å²) in [5.41, 5.74) is 1.16. The Morgan fingerprint density at radius 1 is 1.14 bits per heavy atom. The fraction of sp³-hybridized carbons (Fsp3) is 0.211. The monoisotopic (exact) mass is 438 g/mol. The van der Waals surface area contributed by atoms with Gasteiger partial charge in [-0.1, -0.05) is 46.9 Å². The predicted molar refractivity (Wildman–Crippen MR) is 111 cm³/mol. The molecule has 0 aliphatic heterocycles. The first kappa shape index (κ1) is 20.6. The molecule has 28 heavy (non-hydrogen) atoms. The molecule has 1 N–H and O–H groups in total. The van der Waals surface area contributed by atoms with E-state index in [-0.39, 0.29) is 24.4 Å². The summed E-state index contributed by atoms with van der Waals surface area (Å²) in [6.45, 7) is 1.98. The molecule has 0 radical (unpaired) electrons. The molecule has 0 aliphatic rings. The number of nitrogens with zero attached hydrogens (tertiary/aromatic N) is 3. The highest BCUT2D eigenvalue weighted by Crippen LogP contribution is 2.31. The highest BCUT2D eigenvalue weighted by molar-refractivity contribution is 6.36. The number of amides is 1. The van der Waals surface area contributed by atoms with E-state index in [4.69, 9.17) is 39.2 Å². The number of hydrogen-bond acceptors (Lipinski definition) is 5. The third-order valence-electron chi connectivity index (χ3n) is 4.16. The minimum absolute atomic E-state index is 0.117. The maximum absolute atomic E-state index is 12.3. The molecule has 0 spiro atoms. The zero-order valence-electron chi connectivity index (χ0n) is 15.1. The molecule has 0 aliphatic carbocycles. The summed E-state index contributed by atoms with van der Waals surface area (Å²) >= 11 is 18.2. The van der Waals surface area contributed by atoms with Crippen LogP contribution < -0.4 is 5.32 Å². The van der Waals surface area contributed by atoms with E-state index in [2.05, 4.69) is 15.5 Å². The van der Waals surface area contributed by atoms with E-state index in [1.54, 1.807) is 54.4 Å². The standard InChI is InChI=1S/C19H17Cl3N4O2/c1-11(26(2)10-17(27)23-16-6-4-3-5-14(16)21)18-24-25-19(28-18)13-8-7-12(20)9-15(13)22/h3-9,11H,10H2,1-2H3,(H,23,27). The summed E-state index contributed by atoms with van der Waals surface area (Å²) in [5, 5.41) is 12.3. The van der Waals surface area contributed by atoms with Crippen LogP contribution in [0.4, 0.5) is 5.69 Å². The Bertz CT molecular complexity index is 993. The molecule has 9 heteroatoms. The van der Waals surface area contributed by atoms with Crippen LogP contribution in [0.25, 0.3) is 11.5 Å². The van der Waals surface area contributed by atoms with Crippen LogP contribution in [0.15, 0.2) is 46.9 Å². The lowest BCUT2D eigenvalue weighted by Gasteiger charge is -2.21. The van der Waals surface area contributed by atoms with Crippen LogP contribution in [0, 0.1) is 0 Å². The third-order valence-corrected chi connectivity index (χ3v) is 5.04. The third kappa shape index (κ3) is 4.83. The molecule has 146 valence electrons. The van der Waals surface area contributed by atoms with Gasteiger partial charge in [0.2, 0.25) is 17.7 Å². The largest absolute Gasteiger partial charge is 0.419 e. The Morgan fingerprint density at radius 3 is 2.61 bits per heavy atom. The number of carbonyl (C=O) groups is 1. The van der Waals surface area contributed by atoms with Crippen LogP contribution in [0.3, 0.4) is 0 Å². The van der Waals surface area contributed by atoms with Crippen molar-refractivity contribution in [2.24, 2.45) is 0 Å². The number of nitrogens with one attached hydrogen (secondary N) is 1. The number of anilines is 1. The summed E-state index contributed by atoms with van der Waals surface area (Å²) < 4.78 is 5.75. The molecule has 1 unspecified atom stereocenters. The summed E-state index contributed by atoms with van der Waals surface area (Å²) in [4.78, 5) is 14.1. The van der Waals surface area contributed by atoms with E-state index in [0.29, 0.717) is 32.2 Å². The highest BCUT2D eigenvalue weighted by atomic mass is 35.5. The molecule has 0 saturated heterocycles. The Morgan fingerprint density at radius 2 is 1.89 bits per heavy atom. The number of para-hydroxylation sites is 1. The number of rotatable bonds is 6. The Balaban J connectivity index is 1.66. The van der Waals surface area contributed by atoms with Gasteiger partial charge in [0, 0.05) is 5.02 Å². The van der Waals surface area contributed by atoms with Gasteiger partial charge in [0.25, 0.3) is 0 Å². The zero-order chi connectivity index (χ0) is 20.3. The number of benzene rings is 2. The Labute approximate surface area is 177 Å². The van der Waals surface area contributed by atoms with Crippen molar-refractivity contribution in [2.45, 2.75) is 13.0 Å². The second-order valence-electron chi connectivity index (χ2n) is 6.19. The smallest absolute Gasteiger partial charge is 0.249 e. The van der Waals surface area contributed by atoms with Gasteiger partial charge in [-0.2, -0.15) is 0 Å². The summed E-state index contributed by atoms with van der Waals surface area (Å²) in [7, 11) is 1.79. The van der Waals surface area contributed by atoms with Gasteiger partial charge >= 0.3 is 0 Å². The van der Waals surface area contributed by atoms with Crippen molar-refractivity contribution < 1.29 is 9.21 Å². The number of hydrogen-bond donors (Lipinski definition) is 1. The first-order valence-electron chi connectivity index (χ1n) is 8.38. The lowest BCUT2D eigenvalue weighted by atomic mass is 10.2. The van der Waals surface area contributed by atoms with E-state index in [0.717, 1.165) is 0 Å². The molecular weight excluding hydrogens is 423 g/mol. The van der Waals surface area contributed by atoms with Crippen molar-refractivity contribution in [1.82, 2.24) is 15.1 Å². The van der Waals surface area contributed by atoms with E-state index in [9.17, 15) is 4.79 Å². The topological polar surface area (TPSA) is 71.3 Å². The molecule has 1 heterocycles. The van der Waals surface area contributed by atoms with Crippen molar-refractivity contribution in [3.05, 3.63) is 63.4 Å². The molecule has 0 saturated carbocycles. The van der Waals surface area contributed by atoms with Gasteiger partial charge in [-0.05, 0) is 44.3 Å². The van der Waals surface area contributed by atoms with Crippen molar-refractivity contribution in [3.8, 4) is 11.5 Å². The van der Waals surface area contributed by atoms with Crippen LogP contribution in [0.1, 0.15) is 18.9 Å². The molecular formula is C19H17Cl3N4O2. The van der Waals surface area contributed by atoms with Crippen LogP contribution in [-0.4, -0.2) is 34.6 Å². The highest BCUT2D eigenvalue weighted by Gasteiger charge is 2.22. The minimum atomic E-state index is -0.288. The summed E-state index contributed by atoms with van der Waals surface area (Å²) in [6, 6.07) is 11.8. The molecule has 6 nitrogen and oxygen atoms in total. The summed E-state index contributed by atoms with van der Waals surface area (Å²) in [5.74, 6) is 0.453. The zero-order valence-corrected chi connectivity index (χ0v) is 17.4. The summed E-state index contributed by atoms with van der Waals surface area (Å²) in [6.07, 6.45) is 0. The number of halogens is 3. The second-order valence-corrected chi connectivity index (χ2v) is 7.44. The van der Waals surface area contributed by atoms with E-state index < -0.39 is 0 Å². The van der Waals surface area contributed by atoms with E-state index in [1.807, 2.05) is 6.92 Å². The average molecular weight is 440 g/mol. The number of carbonyl (C=O) groups excluding carboxylic acids is 1. The molecule has 0 fully saturated rings. The molecule has 0 bridgehead atoms. The van der Waals surface area contributed by atoms with Crippen LogP contribution in [0.5, 0.6) is 0 Å². The molecule has 1 atom stereocenters. The Hall–Kier alpha value is -2.12. The number of likely N-dealkylation sites (N-methyl/N-ethyl adjacent to an activating group) is 1. The van der Waals surface area contributed by atoms with Gasteiger partial charge in [-0.15, -0.1) is 10.2 Å². The first-order valence-corrected chi connectivity index (χ1v) is 9.52. The van der Waals surface area contributed by atoms with Gasteiger partial charge < -0.3 is 9.73 Å². The quantitative estimate of drug-likeness (QED) is 0.562. The van der Waals surface area contributed by atoms with Crippen molar-refractivity contribution in [2.75, 3.05) is 18.9 Å².